The van der Waals surface area contributed by atoms with Crippen LogP contribution in [0, 0.1) is 12.8 Å². The molecule has 1 heterocycles. The van der Waals surface area contributed by atoms with E-state index in [-0.39, 0.29) is 5.91 Å². The van der Waals surface area contributed by atoms with Gasteiger partial charge in [-0.3, -0.25) is 9.78 Å². The Kier molecular flexibility index (Phi) is 3.31. The van der Waals surface area contributed by atoms with Gasteiger partial charge in [-0.2, -0.15) is 0 Å². The molecule has 1 amide bonds. The summed E-state index contributed by atoms with van der Waals surface area (Å²) >= 11 is 0. The van der Waals surface area contributed by atoms with Crippen LogP contribution in [0.15, 0.2) is 12.3 Å². The summed E-state index contributed by atoms with van der Waals surface area (Å²) in [6, 6.07) is 1.90. The summed E-state index contributed by atoms with van der Waals surface area (Å²) in [5, 5.41) is 3.05. The van der Waals surface area contributed by atoms with E-state index in [1.54, 1.807) is 11.1 Å². The van der Waals surface area contributed by atoms with Crippen molar-refractivity contribution in [1.29, 1.82) is 0 Å². The normalized spacial score (nSPS) is 14.5. The number of amides is 1. The number of carbonyl (C=O) groups excluding carboxylic acids is 1. The number of rotatable bonds is 4. The van der Waals surface area contributed by atoms with Crippen molar-refractivity contribution in [2.75, 3.05) is 26.0 Å². The van der Waals surface area contributed by atoms with Crippen LogP contribution in [0.1, 0.15) is 28.9 Å². The van der Waals surface area contributed by atoms with Crippen LogP contribution in [-0.2, 0) is 0 Å². The smallest absolute Gasteiger partial charge is 0.257 e. The Bertz CT molecular complexity index is 427. The second-order valence-corrected chi connectivity index (χ2v) is 4.75. The molecule has 0 unspecified atom stereocenters. The van der Waals surface area contributed by atoms with Gasteiger partial charge < -0.3 is 10.2 Å². The first kappa shape index (κ1) is 11.9. The topological polar surface area (TPSA) is 45.2 Å². The second-order valence-electron chi connectivity index (χ2n) is 4.75. The predicted molar refractivity (Wildman–Crippen MR) is 68.2 cm³/mol. The molecule has 0 aromatic carbocycles. The second kappa shape index (κ2) is 4.73. The van der Waals surface area contributed by atoms with Gasteiger partial charge in [0.2, 0.25) is 0 Å². The van der Waals surface area contributed by atoms with Crippen molar-refractivity contribution in [3.8, 4) is 0 Å². The van der Waals surface area contributed by atoms with Crippen molar-refractivity contribution in [3.05, 3.63) is 23.5 Å². The Morgan fingerprint density at radius 3 is 2.88 bits per heavy atom. The van der Waals surface area contributed by atoms with Crippen molar-refractivity contribution < 1.29 is 4.79 Å². The van der Waals surface area contributed by atoms with Gasteiger partial charge in [0, 0.05) is 32.5 Å². The van der Waals surface area contributed by atoms with E-state index in [0.717, 1.165) is 17.9 Å². The number of nitrogens with one attached hydrogen (secondary N) is 1. The Hall–Kier alpha value is -1.58. The highest BCUT2D eigenvalue weighted by Crippen LogP contribution is 2.30. The van der Waals surface area contributed by atoms with Gasteiger partial charge in [0.1, 0.15) is 0 Å². The molecule has 0 atom stereocenters. The molecule has 1 fully saturated rings. The van der Waals surface area contributed by atoms with E-state index in [1.165, 1.54) is 12.8 Å². The minimum Gasteiger partial charge on any atom is -0.387 e. The van der Waals surface area contributed by atoms with Crippen LogP contribution >= 0.6 is 0 Å². The van der Waals surface area contributed by atoms with Crippen molar-refractivity contribution in [3.63, 3.8) is 0 Å². The van der Waals surface area contributed by atoms with E-state index >= 15 is 0 Å². The number of hydrogen-bond acceptors (Lipinski definition) is 3. The molecule has 2 rings (SSSR count). The average molecular weight is 233 g/mol. The first-order chi connectivity index (χ1) is 8.11. The largest absolute Gasteiger partial charge is 0.387 e. The summed E-state index contributed by atoms with van der Waals surface area (Å²) < 4.78 is 0. The summed E-state index contributed by atoms with van der Waals surface area (Å²) in [5.74, 6) is 0.758. The van der Waals surface area contributed by atoms with Crippen molar-refractivity contribution in [1.82, 2.24) is 9.88 Å². The molecule has 1 aromatic heterocycles. The van der Waals surface area contributed by atoms with Gasteiger partial charge in [-0.1, -0.05) is 0 Å². The van der Waals surface area contributed by atoms with Crippen LogP contribution < -0.4 is 5.32 Å². The lowest BCUT2D eigenvalue weighted by Crippen LogP contribution is -2.29. The number of hydrogen-bond donors (Lipinski definition) is 1. The SMILES string of the molecule is CNc1cc(C)ncc1C(=O)N(C)CC1CC1. The first-order valence-electron chi connectivity index (χ1n) is 6.01. The lowest BCUT2D eigenvalue weighted by molar-refractivity contribution is 0.0789. The number of carbonyl (C=O) groups is 1. The summed E-state index contributed by atoms with van der Waals surface area (Å²) in [4.78, 5) is 18.2. The van der Waals surface area contributed by atoms with E-state index < -0.39 is 0 Å². The summed E-state index contributed by atoms with van der Waals surface area (Å²) in [6.07, 6.45) is 4.16. The van der Waals surface area contributed by atoms with Gasteiger partial charge >= 0.3 is 0 Å². The summed E-state index contributed by atoms with van der Waals surface area (Å²) in [5.41, 5.74) is 2.42. The maximum atomic E-state index is 12.2. The summed E-state index contributed by atoms with van der Waals surface area (Å²) in [6.45, 7) is 2.78. The number of aromatic nitrogens is 1. The molecule has 4 heteroatoms. The Labute approximate surface area is 102 Å². The third-order valence-corrected chi connectivity index (χ3v) is 3.12. The average Bonchev–Trinajstić information content (AvgIpc) is 3.11. The highest BCUT2D eigenvalue weighted by Gasteiger charge is 2.26. The monoisotopic (exact) mass is 233 g/mol. The van der Waals surface area contributed by atoms with Crippen molar-refractivity contribution >= 4 is 11.6 Å². The molecule has 4 nitrogen and oxygen atoms in total. The van der Waals surface area contributed by atoms with Crippen LogP contribution in [0.2, 0.25) is 0 Å². The molecule has 0 spiro atoms. The Morgan fingerprint density at radius 1 is 1.59 bits per heavy atom. The fraction of sp³-hybridized carbons (Fsp3) is 0.538. The predicted octanol–water partition coefficient (Wildman–Crippen LogP) is 1.91. The quantitative estimate of drug-likeness (QED) is 0.864. The standard InChI is InChI=1S/C13H19N3O/c1-9-6-12(14-2)11(7-15-9)13(17)16(3)8-10-4-5-10/h6-7,10H,4-5,8H2,1-3H3,(H,14,15). The number of pyridine rings is 1. The van der Waals surface area contributed by atoms with Crippen LogP contribution in [0.25, 0.3) is 0 Å². The number of nitrogens with zero attached hydrogens (tertiary/aromatic N) is 2. The maximum absolute atomic E-state index is 12.2. The van der Waals surface area contributed by atoms with E-state index in [0.29, 0.717) is 11.5 Å². The minimum atomic E-state index is 0.0498. The zero-order valence-corrected chi connectivity index (χ0v) is 10.7. The number of aryl methyl sites for hydroxylation is 1. The van der Waals surface area contributed by atoms with Crippen LogP contribution in [0.5, 0.6) is 0 Å². The zero-order valence-electron chi connectivity index (χ0n) is 10.7. The molecular formula is C13H19N3O. The third-order valence-electron chi connectivity index (χ3n) is 3.12. The van der Waals surface area contributed by atoms with Crippen LogP contribution in [0.4, 0.5) is 5.69 Å². The number of anilines is 1. The van der Waals surface area contributed by atoms with E-state index in [4.69, 9.17) is 0 Å². The molecule has 0 saturated heterocycles. The van der Waals surface area contributed by atoms with Gasteiger partial charge in [0.05, 0.1) is 11.3 Å². The van der Waals surface area contributed by atoms with E-state index in [1.807, 2.05) is 27.1 Å². The molecule has 1 aliphatic carbocycles. The van der Waals surface area contributed by atoms with Crippen LogP contribution in [0.3, 0.4) is 0 Å². The van der Waals surface area contributed by atoms with Gasteiger partial charge in [-0.15, -0.1) is 0 Å². The van der Waals surface area contributed by atoms with Gasteiger partial charge in [0.15, 0.2) is 0 Å². The Morgan fingerprint density at radius 2 is 2.29 bits per heavy atom. The molecular weight excluding hydrogens is 214 g/mol. The highest BCUT2D eigenvalue weighted by atomic mass is 16.2. The fourth-order valence-electron chi connectivity index (χ4n) is 1.91. The van der Waals surface area contributed by atoms with Gasteiger partial charge in [-0.05, 0) is 31.7 Å². The molecule has 0 bridgehead atoms. The maximum Gasteiger partial charge on any atom is 0.257 e. The van der Waals surface area contributed by atoms with Crippen molar-refractivity contribution in [2.45, 2.75) is 19.8 Å². The first-order valence-corrected chi connectivity index (χ1v) is 6.01. The fourth-order valence-corrected chi connectivity index (χ4v) is 1.91. The molecule has 0 aliphatic heterocycles. The zero-order chi connectivity index (χ0) is 12.4. The highest BCUT2D eigenvalue weighted by molar-refractivity contribution is 5.99. The van der Waals surface area contributed by atoms with Crippen LogP contribution in [-0.4, -0.2) is 36.4 Å². The molecule has 1 N–H and O–H groups in total. The Balaban J connectivity index is 2.16. The molecule has 1 saturated carbocycles. The lowest BCUT2D eigenvalue weighted by Gasteiger charge is -2.18. The van der Waals surface area contributed by atoms with Gasteiger partial charge in [-0.25, -0.2) is 0 Å². The van der Waals surface area contributed by atoms with E-state index in [2.05, 4.69) is 10.3 Å². The molecule has 92 valence electrons. The third kappa shape index (κ3) is 2.75. The van der Waals surface area contributed by atoms with Crippen molar-refractivity contribution in [2.24, 2.45) is 5.92 Å². The lowest BCUT2D eigenvalue weighted by atomic mass is 10.2. The molecule has 0 radical (unpaired) electrons. The minimum absolute atomic E-state index is 0.0498. The summed E-state index contributed by atoms with van der Waals surface area (Å²) in [7, 11) is 3.69. The van der Waals surface area contributed by atoms with E-state index in [9.17, 15) is 4.79 Å². The molecule has 1 aromatic rings. The molecule has 17 heavy (non-hydrogen) atoms. The van der Waals surface area contributed by atoms with Gasteiger partial charge in [0.25, 0.3) is 5.91 Å². The molecule has 1 aliphatic rings.